The zero-order valence-electron chi connectivity index (χ0n) is 10.4. The van der Waals surface area contributed by atoms with Crippen LogP contribution in [0.4, 0.5) is 11.5 Å². The fourth-order valence-electron chi connectivity index (χ4n) is 2.04. The molecule has 2 rings (SSSR count). The van der Waals surface area contributed by atoms with Gasteiger partial charge in [0.2, 0.25) is 5.88 Å². The van der Waals surface area contributed by atoms with Crippen molar-refractivity contribution in [3.63, 3.8) is 0 Å². The minimum atomic E-state index is 0.451. The number of anilines is 2. The highest BCUT2D eigenvalue weighted by molar-refractivity contribution is 5.67. The summed E-state index contributed by atoms with van der Waals surface area (Å²) in [7, 11) is 3.70. The second-order valence-electron chi connectivity index (χ2n) is 4.26. The van der Waals surface area contributed by atoms with Gasteiger partial charge in [-0.3, -0.25) is 0 Å². The molecule has 1 saturated heterocycles. The Bertz CT molecular complexity index is 384. The first kappa shape index (κ1) is 11.9. The van der Waals surface area contributed by atoms with Crippen LogP contribution in [0.5, 0.6) is 5.88 Å². The van der Waals surface area contributed by atoms with Gasteiger partial charge in [0, 0.05) is 19.6 Å². The third-order valence-corrected chi connectivity index (χ3v) is 3.04. The standard InChI is InChI=1S/C11H19N5O/c1-15-4-3-5-16(7-6-15)10-9(12)11(17-2)14-8-13-10/h8H,3-7,12H2,1-2H3. The Morgan fingerprint density at radius 2 is 2.06 bits per heavy atom. The number of likely N-dealkylation sites (N-methyl/N-ethyl adjacent to an activating group) is 1. The largest absolute Gasteiger partial charge is 0.479 e. The Hall–Kier alpha value is -1.56. The summed E-state index contributed by atoms with van der Waals surface area (Å²) in [5.74, 6) is 1.24. The van der Waals surface area contributed by atoms with E-state index in [1.165, 1.54) is 6.33 Å². The number of rotatable bonds is 2. The van der Waals surface area contributed by atoms with Crippen LogP contribution in [0.25, 0.3) is 0 Å². The topological polar surface area (TPSA) is 67.5 Å². The number of hydrogen-bond donors (Lipinski definition) is 1. The molecule has 0 aliphatic carbocycles. The number of aromatic nitrogens is 2. The fraction of sp³-hybridized carbons (Fsp3) is 0.636. The molecule has 0 atom stereocenters. The lowest BCUT2D eigenvalue weighted by molar-refractivity contribution is 0.360. The van der Waals surface area contributed by atoms with Crippen LogP contribution in [-0.4, -0.2) is 55.2 Å². The molecule has 2 N–H and O–H groups in total. The summed E-state index contributed by atoms with van der Waals surface area (Å²) in [6.45, 7) is 4.03. The molecule has 17 heavy (non-hydrogen) atoms. The molecule has 6 heteroatoms. The van der Waals surface area contributed by atoms with Gasteiger partial charge >= 0.3 is 0 Å². The summed E-state index contributed by atoms with van der Waals surface area (Å²) in [5, 5.41) is 0. The Balaban J connectivity index is 2.21. The second-order valence-corrected chi connectivity index (χ2v) is 4.26. The van der Waals surface area contributed by atoms with Crippen LogP contribution >= 0.6 is 0 Å². The van der Waals surface area contributed by atoms with E-state index < -0.39 is 0 Å². The number of hydrogen-bond acceptors (Lipinski definition) is 6. The first-order valence-corrected chi connectivity index (χ1v) is 5.80. The van der Waals surface area contributed by atoms with Crippen molar-refractivity contribution in [3.8, 4) is 5.88 Å². The third-order valence-electron chi connectivity index (χ3n) is 3.04. The lowest BCUT2D eigenvalue weighted by atomic mass is 10.3. The van der Waals surface area contributed by atoms with E-state index in [4.69, 9.17) is 10.5 Å². The number of nitrogens with two attached hydrogens (primary N) is 1. The zero-order chi connectivity index (χ0) is 12.3. The first-order valence-electron chi connectivity index (χ1n) is 5.80. The van der Waals surface area contributed by atoms with Crippen molar-refractivity contribution in [2.24, 2.45) is 0 Å². The normalized spacial score (nSPS) is 17.9. The van der Waals surface area contributed by atoms with Gasteiger partial charge in [0.1, 0.15) is 12.0 Å². The predicted octanol–water partition coefficient (Wildman–Crippen LogP) is 0.209. The second kappa shape index (κ2) is 5.18. The highest BCUT2D eigenvalue weighted by Crippen LogP contribution is 2.27. The van der Waals surface area contributed by atoms with Crippen LogP contribution in [0.3, 0.4) is 0 Å². The minimum Gasteiger partial charge on any atom is -0.479 e. The van der Waals surface area contributed by atoms with E-state index in [0.717, 1.165) is 38.4 Å². The Labute approximate surface area is 101 Å². The predicted molar refractivity (Wildman–Crippen MR) is 67.3 cm³/mol. The van der Waals surface area contributed by atoms with Crippen molar-refractivity contribution in [1.29, 1.82) is 0 Å². The molecular weight excluding hydrogens is 218 g/mol. The molecule has 0 amide bonds. The Morgan fingerprint density at radius 1 is 1.24 bits per heavy atom. The molecule has 6 nitrogen and oxygen atoms in total. The van der Waals surface area contributed by atoms with Gasteiger partial charge in [0.15, 0.2) is 5.82 Å². The van der Waals surface area contributed by atoms with Crippen molar-refractivity contribution in [1.82, 2.24) is 14.9 Å². The van der Waals surface area contributed by atoms with Crippen molar-refractivity contribution in [3.05, 3.63) is 6.33 Å². The van der Waals surface area contributed by atoms with E-state index in [9.17, 15) is 0 Å². The maximum atomic E-state index is 6.01. The molecule has 94 valence electrons. The molecule has 1 aliphatic rings. The number of ether oxygens (including phenoxy) is 1. The Kier molecular flexibility index (Phi) is 3.63. The number of nitrogens with zero attached hydrogens (tertiary/aromatic N) is 4. The van der Waals surface area contributed by atoms with Gasteiger partial charge in [-0.2, -0.15) is 4.98 Å². The number of nitrogen functional groups attached to an aromatic ring is 1. The molecule has 1 fully saturated rings. The first-order chi connectivity index (χ1) is 8.22. The van der Waals surface area contributed by atoms with Crippen LogP contribution in [0, 0.1) is 0 Å². The van der Waals surface area contributed by atoms with Gasteiger partial charge in [-0.05, 0) is 20.0 Å². The van der Waals surface area contributed by atoms with Gasteiger partial charge in [-0.15, -0.1) is 0 Å². The lowest BCUT2D eigenvalue weighted by Crippen LogP contribution is -2.30. The van der Waals surface area contributed by atoms with Crippen LogP contribution in [0.1, 0.15) is 6.42 Å². The van der Waals surface area contributed by atoms with E-state index in [1.54, 1.807) is 7.11 Å². The smallest absolute Gasteiger partial charge is 0.242 e. The number of methoxy groups -OCH3 is 1. The molecule has 0 bridgehead atoms. The summed E-state index contributed by atoms with van der Waals surface area (Å²) in [4.78, 5) is 12.8. The molecule has 0 aromatic carbocycles. The van der Waals surface area contributed by atoms with Crippen LogP contribution < -0.4 is 15.4 Å². The molecule has 1 aliphatic heterocycles. The molecule has 0 radical (unpaired) electrons. The Morgan fingerprint density at radius 3 is 2.82 bits per heavy atom. The summed E-state index contributed by atoms with van der Waals surface area (Å²) < 4.78 is 5.12. The van der Waals surface area contributed by atoms with Crippen LogP contribution in [0.15, 0.2) is 6.33 Å². The average molecular weight is 237 g/mol. The summed E-state index contributed by atoms with van der Waals surface area (Å²) in [6, 6.07) is 0. The maximum absolute atomic E-state index is 6.01. The van der Waals surface area contributed by atoms with Gasteiger partial charge in [-0.25, -0.2) is 4.98 Å². The average Bonchev–Trinajstić information content (AvgIpc) is 2.54. The van der Waals surface area contributed by atoms with Gasteiger partial charge in [0.05, 0.1) is 7.11 Å². The van der Waals surface area contributed by atoms with Crippen LogP contribution in [-0.2, 0) is 0 Å². The summed E-state index contributed by atoms with van der Waals surface area (Å²) in [5.41, 5.74) is 6.53. The lowest BCUT2D eigenvalue weighted by Gasteiger charge is -2.23. The maximum Gasteiger partial charge on any atom is 0.242 e. The molecule has 0 saturated carbocycles. The highest BCUT2D eigenvalue weighted by Gasteiger charge is 2.18. The summed E-state index contributed by atoms with van der Waals surface area (Å²) >= 11 is 0. The van der Waals surface area contributed by atoms with Crippen LogP contribution in [0.2, 0.25) is 0 Å². The molecule has 2 heterocycles. The molecule has 0 spiro atoms. The van der Waals surface area contributed by atoms with Gasteiger partial charge in [0.25, 0.3) is 0 Å². The van der Waals surface area contributed by atoms with Crippen molar-refractivity contribution < 1.29 is 4.74 Å². The van der Waals surface area contributed by atoms with E-state index in [0.29, 0.717) is 11.6 Å². The fourth-order valence-corrected chi connectivity index (χ4v) is 2.04. The highest BCUT2D eigenvalue weighted by atomic mass is 16.5. The van der Waals surface area contributed by atoms with Gasteiger partial charge in [-0.1, -0.05) is 0 Å². The molecular formula is C11H19N5O. The quantitative estimate of drug-likeness (QED) is 0.793. The van der Waals surface area contributed by atoms with Crippen molar-refractivity contribution >= 4 is 11.5 Å². The van der Waals surface area contributed by atoms with Crippen molar-refractivity contribution in [2.75, 3.05) is 51.0 Å². The molecule has 0 unspecified atom stereocenters. The van der Waals surface area contributed by atoms with Crippen molar-refractivity contribution in [2.45, 2.75) is 6.42 Å². The van der Waals surface area contributed by atoms with Gasteiger partial charge < -0.3 is 20.3 Å². The monoisotopic (exact) mass is 237 g/mol. The molecule has 1 aromatic rings. The van der Waals surface area contributed by atoms with E-state index in [1.807, 2.05) is 0 Å². The SMILES string of the molecule is COc1ncnc(N2CCCN(C)CC2)c1N. The van der Waals surface area contributed by atoms with E-state index in [2.05, 4.69) is 26.8 Å². The third kappa shape index (κ3) is 2.58. The van der Waals surface area contributed by atoms with E-state index >= 15 is 0 Å². The summed E-state index contributed by atoms with van der Waals surface area (Å²) in [6.07, 6.45) is 2.61. The molecule has 1 aromatic heterocycles. The zero-order valence-corrected chi connectivity index (χ0v) is 10.4. The minimum absolute atomic E-state index is 0.451. The van der Waals surface area contributed by atoms with E-state index in [-0.39, 0.29) is 0 Å².